The highest BCUT2D eigenvalue weighted by molar-refractivity contribution is 6.33. The Morgan fingerprint density at radius 2 is 2.45 bits per heavy atom. The number of amides is 1. The van der Waals surface area contributed by atoms with Crippen molar-refractivity contribution in [1.82, 2.24) is 15.2 Å². The molecule has 0 spiro atoms. The fraction of sp³-hybridized carbons (Fsp3) is 0.571. The molecule has 1 aromatic rings. The lowest BCUT2D eigenvalue weighted by molar-refractivity contribution is 0.0930. The Kier molecular flexibility index (Phi) is 5.76. The first-order valence-corrected chi connectivity index (χ1v) is 7.29. The van der Waals surface area contributed by atoms with Gasteiger partial charge in [0.2, 0.25) is 0 Å². The summed E-state index contributed by atoms with van der Waals surface area (Å²) in [4.78, 5) is 18.1. The molecule has 1 aromatic heterocycles. The molecule has 0 bridgehead atoms. The van der Waals surface area contributed by atoms with Gasteiger partial charge >= 0.3 is 0 Å². The van der Waals surface area contributed by atoms with E-state index in [-0.39, 0.29) is 12.5 Å². The van der Waals surface area contributed by atoms with E-state index in [1.54, 1.807) is 12.3 Å². The Bertz CT molecular complexity index is 456. The molecule has 1 atom stereocenters. The first-order valence-electron chi connectivity index (χ1n) is 6.91. The molecule has 1 unspecified atom stereocenters. The van der Waals surface area contributed by atoms with E-state index in [0.717, 1.165) is 32.5 Å². The van der Waals surface area contributed by atoms with Gasteiger partial charge in [-0.25, -0.2) is 0 Å². The van der Waals surface area contributed by atoms with Gasteiger partial charge in [-0.2, -0.15) is 0 Å². The van der Waals surface area contributed by atoms with Crippen LogP contribution in [0.25, 0.3) is 0 Å². The number of hydrogen-bond acceptors (Lipinski definition) is 4. The van der Waals surface area contributed by atoms with Crippen LogP contribution in [-0.4, -0.2) is 53.7 Å². The summed E-state index contributed by atoms with van der Waals surface area (Å²) in [7, 11) is 0. The van der Waals surface area contributed by atoms with Crippen molar-refractivity contribution in [3.63, 3.8) is 0 Å². The van der Waals surface area contributed by atoms with Crippen molar-refractivity contribution in [2.24, 2.45) is 5.92 Å². The summed E-state index contributed by atoms with van der Waals surface area (Å²) < 4.78 is 0. The van der Waals surface area contributed by atoms with Gasteiger partial charge in [-0.1, -0.05) is 11.6 Å². The third kappa shape index (κ3) is 4.16. The molecule has 2 N–H and O–H groups in total. The highest BCUT2D eigenvalue weighted by Crippen LogP contribution is 2.15. The van der Waals surface area contributed by atoms with E-state index < -0.39 is 0 Å². The summed E-state index contributed by atoms with van der Waals surface area (Å²) in [6, 6.07) is 1.61. The molecule has 6 heteroatoms. The van der Waals surface area contributed by atoms with Gasteiger partial charge in [0, 0.05) is 38.6 Å². The third-order valence-corrected chi connectivity index (χ3v) is 3.89. The highest BCUT2D eigenvalue weighted by atomic mass is 35.5. The average Bonchev–Trinajstić information content (AvgIpc) is 2.48. The zero-order valence-electron chi connectivity index (χ0n) is 11.4. The standard InChI is InChI=1S/C14H20ClN3O2/c15-13-8-16-4-3-12(13)14(20)17-5-7-18-6-1-2-11(9-18)10-19/h3-4,8,11,19H,1-2,5-7,9-10H2,(H,17,20). The molecule has 1 amide bonds. The Morgan fingerprint density at radius 1 is 1.60 bits per heavy atom. The fourth-order valence-electron chi connectivity index (χ4n) is 2.49. The van der Waals surface area contributed by atoms with E-state index in [1.807, 2.05) is 0 Å². The maximum Gasteiger partial charge on any atom is 0.252 e. The SMILES string of the molecule is O=C(NCCN1CCCC(CO)C1)c1ccncc1Cl. The minimum Gasteiger partial charge on any atom is -0.396 e. The minimum absolute atomic E-state index is 0.173. The number of carbonyl (C=O) groups is 1. The summed E-state index contributed by atoms with van der Waals surface area (Å²) in [5, 5.41) is 12.4. The van der Waals surface area contributed by atoms with Gasteiger partial charge in [0.25, 0.3) is 5.91 Å². The van der Waals surface area contributed by atoms with E-state index in [0.29, 0.717) is 23.0 Å². The number of pyridine rings is 1. The number of aliphatic hydroxyl groups excluding tert-OH is 1. The van der Waals surface area contributed by atoms with E-state index in [2.05, 4.69) is 15.2 Å². The van der Waals surface area contributed by atoms with Crippen LogP contribution >= 0.6 is 11.6 Å². The largest absolute Gasteiger partial charge is 0.396 e. The first-order chi connectivity index (χ1) is 9.70. The quantitative estimate of drug-likeness (QED) is 0.856. The van der Waals surface area contributed by atoms with Crippen molar-refractivity contribution >= 4 is 17.5 Å². The van der Waals surface area contributed by atoms with Gasteiger partial charge in [0.05, 0.1) is 10.6 Å². The normalized spacial score (nSPS) is 19.8. The predicted molar refractivity (Wildman–Crippen MR) is 77.8 cm³/mol. The lowest BCUT2D eigenvalue weighted by atomic mass is 9.99. The Balaban J connectivity index is 1.76. The maximum absolute atomic E-state index is 11.9. The third-order valence-electron chi connectivity index (χ3n) is 3.59. The number of carbonyl (C=O) groups excluding carboxylic acids is 1. The number of rotatable bonds is 5. The van der Waals surface area contributed by atoms with Gasteiger partial charge in [0.1, 0.15) is 0 Å². The van der Waals surface area contributed by atoms with Crippen LogP contribution in [0, 0.1) is 5.92 Å². The van der Waals surface area contributed by atoms with Crippen LogP contribution in [0.5, 0.6) is 0 Å². The van der Waals surface area contributed by atoms with Gasteiger partial charge in [-0.05, 0) is 31.4 Å². The number of hydrogen-bond donors (Lipinski definition) is 2. The van der Waals surface area contributed by atoms with Crippen molar-refractivity contribution in [1.29, 1.82) is 0 Å². The number of nitrogens with one attached hydrogen (secondary N) is 1. The Hall–Kier alpha value is -1.17. The van der Waals surface area contributed by atoms with E-state index >= 15 is 0 Å². The molecule has 2 rings (SSSR count). The molecule has 0 aromatic carbocycles. The average molecular weight is 298 g/mol. The molecule has 2 heterocycles. The molecule has 0 saturated carbocycles. The van der Waals surface area contributed by atoms with Crippen molar-refractivity contribution in [3.8, 4) is 0 Å². The van der Waals surface area contributed by atoms with Crippen LogP contribution < -0.4 is 5.32 Å². The molecule has 1 saturated heterocycles. The van der Waals surface area contributed by atoms with E-state index in [4.69, 9.17) is 11.6 Å². The number of aromatic nitrogens is 1. The number of halogens is 1. The van der Waals surface area contributed by atoms with Crippen molar-refractivity contribution < 1.29 is 9.90 Å². The zero-order chi connectivity index (χ0) is 14.4. The highest BCUT2D eigenvalue weighted by Gasteiger charge is 2.19. The van der Waals surface area contributed by atoms with Crippen molar-refractivity contribution in [2.45, 2.75) is 12.8 Å². The zero-order valence-corrected chi connectivity index (χ0v) is 12.1. The van der Waals surface area contributed by atoms with Gasteiger partial charge in [-0.15, -0.1) is 0 Å². The van der Waals surface area contributed by atoms with Crippen LogP contribution in [0.15, 0.2) is 18.5 Å². The molecular weight excluding hydrogens is 278 g/mol. The summed E-state index contributed by atoms with van der Waals surface area (Å²) in [5.74, 6) is 0.196. The molecule has 110 valence electrons. The topological polar surface area (TPSA) is 65.5 Å². The summed E-state index contributed by atoms with van der Waals surface area (Å²) in [6.07, 6.45) is 5.21. The molecular formula is C14H20ClN3O2. The van der Waals surface area contributed by atoms with Crippen LogP contribution in [0.4, 0.5) is 0 Å². The van der Waals surface area contributed by atoms with Gasteiger partial charge < -0.3 is 15.3 Å². The van der Waals surface area contributed by atoms with Crippen LogP contribution in [-0.2, 0) is 0 Å². The molecule has 1 fully saturated rings. The number of aliphatic hydroxyl groups is 1. The molecule has 5 nitrogen and oxygen atoms in total. The van der Waals surface area contributed by atoms with Crippen molar-refractivity contribution in [2.75, 3.05) is 32.8 Å². The Morgan fingerprint density at radius 3 is 3.20 bits per heavy atom. The second kappa shape index (κ2) is 7.57. The van der Waals surface area contributed by atoms with E-state index in [1.165, 1.54) is 6.20 Å². The number of likely N-dealkylation sites (tertiary alicyclic amines) is 1. The number of nitrogens with zero attached hydrogens (tertiary/aromatic N) is 2. The summed E-state index contributed by atoms with van der Waals surface area (Å²) in [6.45, 7) is 3.56. The molecule has 1 aliphatic rings. The van der Waals surface area contributed by atoms with E-state index in [9.17, 15) is 9.90 Å². The minimum atomic E-state index is -0.173. The predicted octanol–water partition coefficient (Wildman–Crippen LogP) is 1.17. The van der Waals surface area contributed by atoms with Crippen LogP contribution in [0.1, 0.15) is 23.2 Å². The lowest BCUT2D eigenvalue weighted by Crippen LogP contribution is -2.41. The second-order valence-corrected chi connectivity index (χ2v) is 5.51. The second-order valence-electron chi connectivity index (χ2n) is 5.10. The molecule has 0 aliphatic carbocycles. The van der Waals surface area contributed by atoms with Crippen LogP contribution in [0.2, 0.25) is 5.02 Å². The summed E-state index contributed by atoms with van der Waals surface area (Å²) in [5.41, 5.74) is 0.452. The molecule has 0 radical (unpaired) electrons. The first kappa shape index (κ1) is 15.2. The number of piperidine rings is 1. The fourth-order valence-corrected chi connectivity index (χ4v) is 2.69. The molecule has 20 heavy (non-hydrogen) atoms. The monoisotopic (exact) mass is 297 g/mol. The van der Waals surface area contributed by atoms with Gasteiger partial charge in [-0.3, -0.25) is 9.78 Å². The lowest BCUT2D eigenvalue weighted by Gasteiger charge is -2.31. The molecule has 1 aliphatic heterocycles. The van der Waals surface area contributed by atoms with Crippen molar-refractivity contribution in [3.05, 3.63) is 29.0 Å². The summed E-state index contributed by atoms with van der Waals surface area (Å²) >= 11 is 5.92. The smallest absolute Gasteiger partial charge is 0.252 e. The Labute approximate surface area is 123 Å². The maximum atomic E-state index is 11.9. The van der Waals surface area contributed by atoms with Gasteiger partial charge in [0.15, 0.2) is 0 Å². The van der Waals surface area contributed by atoms with Crippen LogP contribution in [0.3, 0.4) is 0 Å².